The molecule has 0 atom stereocenters. The van der Waals surface area contributed by atoms with E-state index in [4.69, 9.17) is 4.74 Å². The Balaban J connectivity index is 2.55. The Bertz CT molecular complexity index is 355. The van der Waals surface area contributed by atoms with Gasteiger partial charge in [-0.25, -0.2) is 4.98 Å². The molecular formula is C13H24N4O. The van der Waals surface area contributed by atoms with E-state index >= 15 is 0 Å². The van der Waals surface area contributed by atoms with Gasteiger partial charge >= 0.3 is 0 Å². The highest BCUT2D eigenvalue weighted by Gasteiger charge is 2.04. The predicted molar refractivity (Wildman–Crippen MR) is 74.2 cm³/mol. The van der Waals surface area contributed by atoms with E-state index in [1.165, 1.54) is 0 Å². The number of aromatic nitrogens is 2. The Morgan fingerprint density at radius 3 is 2.72 bits per heavy atom. The SMILES string of the molecule is CCCc1nc(NC)cc(OCCCN(C)C)n1. The molecule has 0 amide bonds. The summed E-state index contributed by atoms with van der Waals surface area (Å²) < 4.78 is 5.67. The molecule has 1 N–H and O–H groups in total. The molecule has 0 bridgehead atoms. The van der Waals surface area contributed by atoms with E-state index in [-0.39, 0.29) is 0 Å². The summed E-state index contributed by atoms with van der Waals surface area (Å²) in [6.45, 7) is 3.82. The predicted octanol–water partition coefficient (Wildman–Crippen LogP) is 1.80. The highest BCUT2D eigenvalue weighted by atomic mass is 16.5. The maximum absolute atomic E-state index is 5.67. The number of hydrogen-bond acceptors (Lipinski definition) is 5. The maximum Gasteiger partial charge on any atom is 0.218 e. The smallest absolute Gasteiger partial charge is 0.218 e. The van der Waals surface area contributed by atoms with Crippen LogP contribution in [0, 0.1) is 0 Å². The Kier molecular flexibility index (Phi) is 6.43. The van der Waals surface area contributed by atoms with Crippen LogP contribution < -0.4 is 10.1 Å². The molecular weight excluding hydrogens is 228 g/mol. The first-order chi connectivity index (χ1) is 8.65. The highest BCUT2D eigenvalue weighted by molar-refractivity contribution is 5.37. The van der Waals surface area contributed by atoms with Gasteiger partial charge in [0.1, 0.15) is 11.6 Å². The minimum Gasteiger partial charge on any atom is -0.477 e. The Morgan fingerprint density at radius 1 is 1.33 bits per heavy atom. The lowest BCUT2D eigenvalue weighted by Gasteiger charge is -2.11. The van der Waals surface area contributed by atoms with Crippen molar-refractivity contribution in [1.29, 1.82) is 0 Å². The summed E-state index contributed by atoms with van der Waals surface area (Å²) in [5, 5.41) is 3.04. The second-order valence-corrected chi connectivity index (χ2v) is 4.51. The van der Waals surface area contributed by atoms with Crippen LogP contribution in [0.3, 0.4) is 0 Å². The molecule has 0 aliphatic heterocycles. The van der Waals surface area contributed by atoms with Gasteiger partial charge in [0, 0.05) is 26.1 Å². The molecule has 1 aromatic rings. The summed E-state index contributed by atoms with van der Waals surface area (Å²) in [5.41, 5.74) is 0. The van der Waals surface area contributed by atoms with Crippen molar-refractivity contribution in [1.82, 2.24) is 14.9 Å². The Morgan fingerprint density at radius 2 is 2.11 bits per heavy atom. The van der Waals surface area contributed by atoms with Crippen LogP contribution in [0.5, 0.6) is 5.88 Å². The molecule has 0 saturated heterocycles. The van der Waals surface area contributed by atoms with Gasteiger partial charge in [-0.1, -0.05) is 6.92 Å². The molecule has 0 saturated carbocycles. The van der Waals surface area contributed by atoms with Crippen molar-refractivity contribution in [2.24, 2.45) is 0 Å². The monoisotopic (exact) mass is 252 g/mol. The van der Waals surface area contributed by atoms with Gasteiger partial charge in [-0.15, -0.1) is 0 Å². The number of aryl methyl sites for hydroxylation is 1. The topological polar surface area (TPSA) is 50.3 Å². The highest BCUT2D eigenvalue weighted by Crippen LogP contribution is 2.14. The summed E-state index contributed by atoms with van der Waals surface area (Å²) in [5.74, 6) is 2.32. The summed E-state index contributed by atoms with van der Waals surface area (Å²) in [7, 11) is 5.97. The molecule has 1 rings (SSSR count). The Labute approximate surface area is 110 Å². The van der Waals surface area contributed by atoms with E-state index in [0.717, 1.165) is 37.4 Å². The van der Waals surface area contributed by atoms with Gasteiger partial charge in [0.2, 0.25) is 5.88 Å². The van der Waals surface area contributed by atoms with Crippen LogP contribution >= 0.6 is 0 Å². The normalized spacial score (nSPS) is 10.7. The van der Waals surface area contributed by atoms with Crippen molar-refractivity contribution in [2.45, 2.75) is 26.2 Å². The van der Waals surface area contributed by atoms with Gasteiger partial charge in [0.15, 0.2) is 0 Å². The largest absolute Gasteiger partial charge is 0.477 e. The summed E-state index contributed by atoms with van der Waals surface area (Å²) in [6, 6.07) is 1.84. The molecule has 0 spiro atoms. The van der Waals surface area contributed by atoms with E-state index in [1.807, 2.05) is 13.1 Å². The van der Waals surface area contributed by atoms with Crippen LogP contribution in [0.1, 0.15) is 25.6 Å². The molecule has 0 aromatic carbocycles. The van der Waals surface area contributed by atoms with Crippen molar-refractivity contribution in [3.05, 3.63) is 11.9 Å². The van der Waals surface area contributed by atoms with Gasteiger partial charge in [-0.2, -0.15) is 4.98 Å². The van der Waals surface area contributed by atoms with Crippen molar-refractivity contribution < 1.29 is 4.74 Å². The van der Waals surface area contributed by atoms with Crippen LogP contribution in [0.15, 0.2) is 6.07 Å². The van der Waals surface area contributed by atoms with Gasteiger partial charge in [-0.3, -0.25) is 0 Å². The number of rotatable bonds is 8. The average Bonchev–Trinajstić information content (AvgIpc) is 2.34. The zero-order valence-corrected chi connectivity index (χ0v) is 11.9. The molecule has 1 aromatic heterocycles. The lowest BCUT2D eigenvalue weighted by molar-refractivity contribution is 0.272. The lowest BCUT2D eigenvalue weighted by Crippen LogP contribution is -2.16. The minimum atomic E-state index is 0.663. The molecule has 0 radical (unpaired) electrons. The molecule has 0 fully saturated rings. The van der Waals surface area contributed by atoms with Crippen LogP contribution in [0.4, 0.5) is 5.82 Å². The molecule has 0 aliphatic rings. The standard InChI is InChI=1S/C13H24N4O/c1-5-7-11-15-12(14-2)10-13(16-11)18-9-6-8-17(3)4/h10H,5-9H2,1-4H3,(H,14,15,16). The fraction of sp³-hybridized carbons (Fsp3) is 0.692. The number of hydrogen-bond donors (Lipinski definition) is 1. The van der Waals surface area contributed by atoms with Crippen LogP contribution in [0.2, 0.25) is 0 Å². The first-order valence-electron chi connectivity index (χ1n) is 6.49. The molecule has 0 aliphatic carbocycles. The van der Waals surface area contributed by atoms with E-state index in [1.54, 1.807) is 0 Å². The molecule has 102 valence electrons. The lowest BCUT2D eigenvalue weighted by atomic mass is 10.3. The zero-order chi connectivity index (χ0) is 13.4. The summed E-state index contributed by atoms with van der Waals surface area (Å²) in [4.78, 5) is 10.9. The van der Waals surface area contributed by atoms with E-state index in [9.17, 15) is 0 Å². The minimum absolute atomic E-state index is 0.663. The van der Waals surface area contributed by atoms with Gasteiger partial charge in [-0.05, 0) is 26.9 Å². The van der Waals surface area contributed by atoms with Crippen molar-refractivity contribution in [3.8, 4) is 5.88 Å². The molecule has 5 nitrogen and oxygen atoms in total. The first kappa shape index (κ1) is 14.7. The van der Waals surface area contributed by atoms with Gasteiger partial charge in [0.25, 0.3) is 0 Å². The van der Waals surface area contributed by atoms with Crippen molar-refractivity contribution in [2.75, 3.05) is 39.6 Å². The number of ether oxygens (including phenoxy) is 1. The third kappa shape index (κ3) is 5.31. The fourth-order valence-corrected chi connectivity index (χ4v) is 1.57. The molecule has 1 heterocycles. The Hall–Kier alpha value is -1.36. The second-order valence-electron chi connectivity index (χ2n) is 4.51. The van der Waals surface area contributed by atoms with Gasteiger partial charge in [0.05, 0.1) is 6.61 Å². The van der Waals surface area contributed by atoms with Crippen LogP contribution in [-0.2, 0) is 6.42 Å². The maximum atomic E-state index is 5.67. The van der Waals surface area contributed by atoms with Gasteiger partial charge < -0.3 is 15.0 Å². The molecule has 5 heteroatoms. The molecule has 18 heavy (non-hydrogen) atoms. The van der Waals surface area contributed by atoms with E-state index in [2.05, 4.69) is 41.2 Å². The zero-order valence-electron chi connectivity index (χ0n) is 11.9. The third-order valence-corrected chi connectivity index (χ3v) is 2.48. The second kappa shape index (κ2) is 7.87. The molecule has 0 unspecified atom stereocenters. The quantitative estimate of drug-likeness (QED) is 0.715. The first-order valence-corrected chi connectivity index (χ1v) is 6.49. The van der Waals surface area contributed by atoms with Crippen molar-refractivity contribution >= 4 is 5.82 Å². The number of nitrogens with one attached hydrogen (secondary N) is 1. The van der Waals surface area contributed by atoms with Crippen LogP contribution in [-0.4, -0.2) is 49.2 Å². The van der Waals surface area contributed by atoms with E-state index < -0.39 is 0 Å². The number of nitrogens with zero attached hydrogens (tertiary/aromatic N) is 3. The van der Waals surface area contributed by atoms with Crippen molar-refractivity contribution in [3.63, 3.8) is 0 Å². The summed E-state index contributed by atoms with van der Waals surface area (Å²) in [6.07, 6.45) is 2.91. The van der Waals surface area contributed by atoms with Crippen LogP contribution in [0.25, 0.3) is 0 Å². The third-order valence-electron chi connectivity index (χ3n) is 2.48. The summed E-state index contributed by atoms with van der Waals surface area (Å²) >= 11 is 0. The van der Waals surface area contributed by atoms with E-state index in [0.29, 0.717) is 12.5 Å². The number of anilines is 1. The average molecular weight is 252 g/mol. The fourth-order valence-electron chi connectivity index (χ4n) is 1.57.